The fourth-order valence-corrected chi connectivity index (χ4v) is 3.56. The molecule has 0 N–H and O–H groups in total. The van der Waals surface area contributed by atoms with Gasteiger partial charge < -0.3 is 0 Å². The number of halogens is 2. The number of aromatic nitrogens is 2. The van der Waals surface area contributed by atoms with Crippen LogP contribution < -0.4 is 0 Å². The Bertz CT molecular complexity index is 334. The molecule has 1 aliphatic rings. The summed E-state index contributed by atoms with van der Waals surface area (Å²) in [5, 5.41) is 1.62. The molecule has 5 heteroatoms. The second kappa shape index (κ2) is 6.08. The first-order valence-corrected chi connectivity index (χ1v) is 7.35. The van der Waals surface area contributed by atoms with E-state index in [0.29, 0.717) is 10.3 Å². The van der Waals surface area contributed by atoms with E-state index in [-0.39, 0.29) is 0 Å². The lowest BCUT2D eigenvalue weighted by Crippen LogP contribution is -2.08. The third kappa shape index (κ3) is 3.79. The number of thioether (sulfide) groups is 1. The zero-order valence-corrected chi connectivity index (χ0v) is 11.3. The molecule has 1 aromatic rings. The summed E-state index contributed by atoms with van der Waals surface area (Å²) in [4.78, 5) is 8.33. The van der Waals surface area contributed by atoms with Gasteiger partial charge in [-0.1, -0.05) is 42.5 Å². The lowest BCUT2D eigenvalue weighted by molar-refractivity contribution is 0.516. The van der Waals surface area contributed by atoms with Crippen molar-refractivity contribution in [3.05, 3.63) is 22.2 Å². The standard InChI is InChI=1S/C11H14Cl2N2S/c12-9-6-10(13)15-11(14-9)7-16-8-4-2-1-3-5-8/h6,8H,1-5,7H2. The van der Waals surface area contributed by atoms with Crippen LogP contribution in [0.2, 0.25) is 10.3 Å². The molecule has 0 aromatic carbocycles. The van der Waals surface area contributed by atoms with Crippen LogP contribution in [-0.4, -0.2) is 15.2 Å². The summed E-state index contributed by atoms with van der Waals surface area (Å²) >= 11 is 13.6. The van der Waals surface area contributed by atoms with Gasteiger partial charge in [0.25, 0.3) is 0 Å². The molecule has 0 atom stereocenters. The van der Waals surface area contributed by atoms with E-state index in [4.69, 9.17) is 23.2 Å². The highest BCUT2D eigenvalue weighted by molar-refractivity contribution is 7.99. The average molecular weight is 277 g/mol. The molecule has 1 aromatic heterocycles. The van der Waals surface area contributed by atoms with E-state index in [1.165, 1.54) is 32.1 Å². The topological polar surface area (TPSA) is 25.8 Å². The Morgan fingerprint density at radius 3 is 2.38 bits per heavy atom. The molecule has 88 valence electrons. The van der Waals surface area contributed by atoms with Crippen LogP contribution in [0.3, 0.4) is 0 Å². The van der Waals surface area contributed by atoms with Crippen molar-refractivity contribution in [2.75, 3.05) is 0 Å². The zero-order chi connectivity index (χ0) is 11.4. The summed E-state index contributed by atoms with van der Waals surface area (Å²) in [6.45, 7) is 0. The highest BCUT2D eigenvalue weighted by Crippen LogP contribution is 2.30. The summed E-state index contributed by atoms with van der Waals surface area (Å²) < 4.78 is 0. The van der Waals surface area contributed by atoms with Crippen LogP contribution in [0, 0.1) is 0 Å². The number of hydrogen-bond acceptors (Lipinski definition) is 3. The Kier molecular flexibility index (Phi) is 4.74. The smallest absolute Gasteiger partial charge is 0.141 e. The number of rotatable bonds is 3. The Morgan fingerprint density at radius 2 is 1.75 bits per heavy atom. The summed E-state index contributed by atoms with van der Waals surface area (Å²) in [7, 11) is 0. The Balaban J connectivity index is 1.88. The Labute approximate surface area is 110 Å². The SMILES string of the molecule is Clc1cc(Cl)nc(CSC2CCCCC2)n1. The summed E-state index contributed by atoms with van der Waals surface area (Å²) in [5.74, 6) is 1.55. The van der Waals surface area contributed by atoms with Crippen molar-refractivity contribution in [1.82, 2.24) is 9.97 Å². The van der Waals surface area contributed by atoms with E-state index >= 15 is 0 Å². The van der Waals surface area contributed by atoms with Crippen molar-refractivity contribution in [3.8, 4) is 0 Å². The van der Waals surface area contributed by atoms with Gasteiger partial charge >= 0.3 is 0 Å². The van der Waals surface area contributed by atoms with Crippen molar-refractivity contribution in [3.63, 3.8) is 0 Å². The normalized spacial score (nSPS) is 17.6. The number of nitrogens with zero attached hydrogens (tertiary/aromatic N) is 2. The van der Waals surface area contributed by atoms with Gasteiger partial charge in [0.1, 0.15) is 16.1 Å². The molecule has 1 heterocycles. The number of hydrogen-bond donors (Lipinski definition) is 0. The average Bonchev–Trinajstić information content (AvgIpc) is 2.27. The second-order valence-corrected chi connectivity index (χ2v) is 6.06. The van der Waals surface area contributed by atoms with E-state index in [1.54, 1.807) is 6.07 Å². The maximum Gasteiger partial charge on any atom is 0.141 e. The highest BCUT2D eigenvalue weighted by atomic mass is 35.5. The van der Waals surface area contributed by atoms with Crippen LogP contribution in [0.25, 0.3) is 0 Å². The quantitative estimate of drug-likeness (QED) is 0.768. The first-order chi connectivity index (χ1) is 7.74. The molecule has 0 spiro atoms. The van der Waals surface area contributed by atoms with E-state index in [9.17, 15) is 0 Å². The van der Waals surface area contributed by atoms with Gasteiger partial charge in [0.05, 0.1) is 5.75 Å². The lowest BCUT2D eigenvalue weighted by atomic mass is 10.0. The van der Waals surface area contributed by atoms with Gasteiger partial charge in [-0.15, -0.1) is 0 Å². The van der Waals surface area contributed by atoms with Gasteiger partial charge in [-0.2, -0.15) is 11.8 Å². The molecule has 0 amide bonds. The van der Waals surface area contributed by atoms with Gasteiger partial charge in [-0.3, -0.25) is 0 Å². The van der Waals surface area contributed by atoms with Crippen LogP contribution in [0.4, 0.5) is 0 Å². The fraction of sp³-hybridized carbons (Fsp3) is 0.636. The van der Waals surface area contributed by atoms with Crippen molar-refractivity contribution in [2.45, 2.75) is 43.1 Å². The highest BCUT2D eigenvalue weighted by Gasteiger charge is 2.14. The van der Waals surface area contributed by atoms with Crippen LogP contribution in [0.5, 0.6) is 0 Å². The minimum Gasteiger partial charge on any atom is -0.220 e. The molecule has 0 aliphatic heterocycles. The van der Waals surface area contributed by atoms with Crippen LogP contribution in [0.1, 0.15) is 37.9 Å². The van der Waals surface area contributed by atoms with E-state index < -0.39 is 0 Å². The fourth-order valence-electron chi connectivity index (χ4n) is 1.92. The lowest BCUT2D eigenvalue weighted by Gasteiger charge is -2.20. The predicted molar refractivity (Wildman–Crippen MR) is 70.2 cm³/mol. The van der Waals surface area contributed by atoms with Crippen molar-refractivity contribution >= 4 is 35.0 Å². The molecule has 0 radical (unpaired) electrons. The summed E-state index contributed by atoms with van der Waals surface area (Å²) in [6.07, 6.45) is 6.73. The van der Waals surface area contributed by atoms with Crippen molar-refractivity contribution in [1.29, 1.82) is 0 Å². The molecule has 0 saturated heterocycles. The molecule has 0 bridgehead atoms. The maximum atomic E-state index is 5.83. The minimum absolute atomic E-state index is 0.430. The predicted octanol–water partition coefficient (Wildman–Crippen LogP) is 4.35. The van der Waals surface area contributed by atoms with Crippen LogP contribution in [-0.2, 0) is 5.75 Å². The van der Waals surface area contributed by atoms with Gasteiger partial charge in [-0.25, -0.2) is 9.97 Å². The monoisotopic (exact) mass is 276 g/mol. The molecular weight excluding hydrogens is 263 g/mol. The van der Waals surface area contributed by atoms with Gasteiger partial charge in [0, 0.05) is 11.3 Å². The Morgan fingerprint density at radius 1 is 1.12 bits per heavy atom. The van der Waals surface area contributed by atoms with E-state index in [1.807, 2.05) is 11.8 Å². The molecule has 0 unspecified atom stereocenters. The third-order valence-corrected chi connectivity index (χ3v) is 4.47. The molecule has 2 nitrogen and oxygen atoms in total. The van der Waals surface area contributed by atoms with Crippen LogP contribution in [0.15, 0.2) is 6.07 Å². The van der Waals surface area contributed by atoms with E-state index in [2.05, 4.69) is 9.97 Å². The molecular formula is C11H14Cl2N2S. The molecule has 16 heavy (non-hydrogen) atoms. The Hall–Kier alpha value is 0.01000. The van der Waals surface area contributed by atoms with Gasteiger partial charge in [0.2, 0.25) is 0 Å². The van der Waals surface area contributed by atoms with Crippen LogP contribution >= 0.6 is 35.0 Å². The van der Waals surface area contributed by atoms with E-state index in [0.717, 1.165) is 16.8 Å². The molecule has 1 aliphatic carbocycles. The molecule has 2 rings (SSSR count). The zero-order valence-electron chi connectivity index (χ0n) is 8.96. The minimum atomic E-state index is 0.430. The third-order valence-electron chi connectivity index (χ3n) is 2.71. The van der Waals surface area contributed by atoms with Gasteiger partial charge in [0.15, 0.2) is 0 Å². The van der Waals surface area contributed by atoms with Crippen molar-refractivity contribution in [2.24, 2.45) is 0 Å². The summed E-state index contributed by atoms with van der Waals surface area (Å²) in [5.41, 5.74) is 0. The second-order valence-electron chi connectivity index (χ2n) is 4.00. The molecule has 1 saturated carbocycles. The first-order valence-electron chi connectivity index (χ1n) is 5.54. The summed E-state index contributed by atoms with van der Waals surface area (Å²) in [6, 6.07) is 1.57. The van der Waals surface area contributed by atoms with Crippen molar-refractivity contribution < 1.29 is 0 Å². The molecule has 1 fully saturated rings. The largest absolute Gasteiger partial charge is 0.220 e. The first kappa shape index (κ1) is 12.5. The van der Waals surface area contributed by atoms with Gasteiger partial charge in [-0.05, 0) is 12.8 Å². The maximum absolute atomic E-state index is 5.83.